The van der Waals surface area contributed by atoms with E-state index in [9.17, 15) is 61.0 Å². The minimum atomic E-state index is -1.81. The van der Waals surface area contributed by atoms with Crippen LogP contribution >= 0.6 is 0 Å². The maximum absolute atomic E-state index is 14.1. The van der Waals surface area contributed by atoms with Crippen LogP contribution in [0.4, 0.5) is 0 Å². The van der Waals surface area contributed by atoms with Crippen LogP contribution in [0.25, 0.3) is 0 Å². The second-order valence-corrected chi connectivity index (χ2v) is 18.0. The van der Waals surface area contributed by atoms with Gasteiger partial charge in [0.15, 0.2) is 12.6 Å². The number of aliphatic hydroxyl groups is 11. The summed E-state index contributed by atoms with van der Waals surface area (Å²) in [7, 11) is 0. The van der Waals surface area contributed by atoms with Crippen molar-refractivity contribution < 1.29 is 89.4 Å². The molecule has 4 saturated carbocycles. The van der Waals surface area contributed by atoms with Gasteiger partial charge in [-0.05, 0) is 86.5 Å². The number of aliphatic hydroxyl groups excluding tert-OH is 11. The van der Waals surface area contributed by atoms with Crippen LogP contribution in [-0.4, -0.2) is 180 Å². The molecule has 7 rings (SSSR count). The molecule has 4 aliphatic carbocycles. The Balaban J connectivity index is 1.10. The lowest BCUT2D eigenvalue weighted by molar-refractivity contribution is -0.378. The topological polar surface area (TPSA) is 295 Å². The molecule has 0 amide bonds. The predicted molar refractivity (Wildman–Crippen MR) is 186 cm³/mol. The minimum absolute atomic E-state index is 0.121. The summed E-state index contributed by atoms with van der Waals surface area (Å²) in [5, 5.41) is 114. The van der Waals surface area contributed by atoms with Crippen molar-refractivity contribution in [2.24, 2.45) is 28.1 Å². The van der Waals surface area contributed by atoms with E-state index in [4.69, 9.17) is 28.4 Å². The molecule has 3 saturated heterocycles. The van der Waals surface area contributed by atoms with E-state index in [1.807, 2.05) is 6.92 Å². The van der Waals surface area contributed by atoms with E-state index in [1.165, 1.54) is 0 Å². The normalized spacial score (nSPS) is 54.6. The van der Waals surface area contributed by atoms with E-state index in [1.54, 1.807) is 0 Å². The molecule has 11 N–H and O–H groups in total. The predicted octanol–water partition coefficient (Wildman–Crippen LogP) is -2.94. The summed E-state index contributed by atoms with van der Waals surface area (Å²) >= 11 is 0. The smallest absolute Gasteiger partial charge is 0.314 e. The molecule has 7 aliphatic rings. The van der Waals surface area contributed by atoms with E-state index in [0.717, 1.165) is 18.4 Å². The van der Waals surface area contributed by atoms with Gasteiger partial charge >= 0.3 is 5.97 Å². The van der Waals surface area contributed by atoms with Crippen molar-refractivity contribution >= 4 is 5.97 Å². The summed E-state index contributed by atoms with van der Waals surface area (Å²) in [6.45, 7) is 6.52. The first kappa shape index (κ1) is 42.7. The first-order chi connectivity index (χ1) is 26.4. The van der Waals surface area contributed by atoms with Crippen LogP contribution < -0.4 is 0 Å². The van der Waals surface area contributed by atoms with Gasteiger partial charge in [0.2, 0.25) is 6.29 Å². The molecular formula is C38H60O18. The second-order valence-electron chi connectivity index (χ2n) is 18.0. The molecule has 3 heterocycles. The molecule has 320 valence electrons. The maximum atomic E-state index is 14.1. The van der Waals surface area contributed by atoms with Gasteiger partial charge in [-0.2, -0.15) is 0 Å². The Morgan fingerprint density at radius 2 is 1.21 bits per heavy atom. The molecule has 3 unspecified atom stereocenters. The Kier molecular flexibility index (Phi) is 11.9. The lowest BCUT2D eigenvalue weighted by Gasteiger charge is -2.64. The summed E-state index contributed by atoms with van der Waals surface area (Å²) in [4.78, 5) is 14.1. The van der Waals surface area contributed by atoms with E-state index in [2.05, 4.69) is 13.5 Å². The molecule has 21 atom stereocenters. The number of carbonyl (C=O) groups excluding carboxylic acids is 1. The molecule has 2 bridgehead atoms. The largest absolute Gasteiger partial charge is 0.432 e. The molecule has 3 aliphatic heterocycles. The fourth-order valence-electron chi connectivity index (χ4n) is 12.0. The van der Waals surface area contributed by atoms with Gasteiger partial charge < -0.3 is 84.6 Å². The van der Waals surface area contributed by atoms with Gasteiger partial charge in [0.1, 0.15) is 73.2 Å². The van der Waals surface area contributed by atoms with Crippen molar-refractivity contribution in [3.8, 4) is 0 Å². The number of fused-ring (bicyclic) bond motifs is 3. The van der Waals surface area contributed by atoms with Gasteiger partial charge in [-0.25, -0.2) is 0 Å². The van der Waals surface area contributed by atoms with Crippen LogP contribution in [-0.2, 0) is 33.2 Å². The van der Waals surface area contributed by atoms with Crippen LogP contribution in [0.2, 0.25) is 0 Å². The summed E-state index contributed by atoms with van der Waals surface area (Å²) in [6, 6.07) is 0. The third kappa shape index (κ3) is 6.69. The van der Waals surface area contributed by atoms with Crippen LogP contribution in [0.15, 0.2) is 12.2 Å². The Bertz CT molecular complexity index is 1450. The number of carbonyl (C=O) groups is 1. The standard InChI is InChI=1S/C38H60O18/c1-16-11-37-9-5-20-35(2,7-4-8-36(20,3)34(50)55-32-29(49)26(46)23(43)18(13-40)52-32)21(37)6-10-38(16,15-37)56-33-30(27(47)24(44)19(14-41)53-33)54-31-28(48)25(45)22(42)17(12-39)51-31/h17-33,39-49H,1,4-15H2,2-3H3/t17-,18-,19-,20?,21?,22-,23+,24-,25+,26-,27+,28-,29-,30-,31+,32+,33+,35-,36?,37-,38+/m1/s1. The van der Waals surface area contributed by atoms with E-state index in [0.29, 0.717) is 44.9 Å². The van der Waals surface area contributed by atoms with E-state index < -0.39 is 129 Å². The highest BCUT2D eigenvalue weighted by Crippen LogP contribution is 2.73. The molecule has 0 aromatic carbocycles. The van der Waals surface area contributed by atoms with E-state index >= 15 is 0 Å². The molecule has 0 radical (unpaired) electrons. The van der Waals surface area contributed by atoms with Crippen molar-refractivity contribution in [3.05, 3.63) is 12.2 Å². The highest BCUT2D eigenvalue weighted by atomic mass is 16.8. The average molecular weight is 805 g/mol. The van der Waals surface area contributed by atoms with Gasteiger partial charge in [-0.15, -0.1) is 0 Å². The Morgan fingerprint density at radius 1 is 0.679 bits per heavy atom. The minimum Gasteiger partial charge on any atom is -0.432 e. The molecule has 1 spiro atoms. The lowest BCUT2D eigenvalue weighted by Crippen LogP contribution is -2.65. The third-order valence-electron chi connectivity index (χ3n) is 15.0. The number of rotatable bonds is 9. The third-order valence-corrected chi connectivity index (χ3v) is 15.0. The molecular weight excluding hydrogens is 744 g/mol. The quantitative estimate of drug-likeness (QED) is 0.0631. The number of hydrogen-bond donors (Lipinski definition) is 11. The summed E-state index contributed by atoms with van der Waals surface area (Å²) < 4.78 is 35.6. The summed E-state index contributed by atoms with van der Waals surface area (Å²) in [6.07, 6.45) is -17.8. The highest BCUT2D eigenvalue weighted by Gasteiger charge is 2.69. The van der Waals surface area contributed by atoms with E-state index in [-0.39, 0.29) is 22.7 Å². The number of hydrogen-bond acceptors (Lipinski definition) is 18. The van der Waals surface area contributed by atoms with Crippen molar-refractivity contribution in [1.29, 1.82) is 0 Å². The monoisotopic (exact) mass is 804 g/mol. The molecule has 7 fully saturated rings. The fraction of sp³-hybridized carbons (Fsp3) is 0.921. The zero-order valence-electron chi connectivity index (χ0n) is 31.8. The zero-order chi connectivity index (χ0) is 40.7. The lowest BCUT2D eigenvalue weighted by atomic mass is 9.41. The van der Waals surface area contributed by atoms with Crippen molar-refractivity contribution in [3.63, 3.8) is 0 Å². The van der Waals surface area contributed by atoms with Crippen LogP contribution in [0.1, 0.15) is 71.6 Å². The van der Waals surface area contributed by atoms with Gasteiger partial charge in [0, 0.05) is 0 Å². The Labute approximate surface area is 324 Å². The van der Waals surface area contributed by atoms with Crippen LogP contribution in [0, 0.1) is 28.1 Å². The zero-order valence-corrected chi connectivity index (χ0v) is 31.8. The summed E-state index contributed by atoms with van der Waals surface area (Å²) in [5.41, 5.74) is -1.80. The average Bonchev–Trinajstić information content (AvgIpc) is 3.37. The number of esters is 1. The molecule has 0 aromatic heterocycles. The van der Waals surface area contributed by atoms with Gasteiger partial charge in [0.05, 0.1) is 30.8 Å². The summed E-state index contributed by atoms with van der Waals surface area (Å²) in [5.74, 6) is -0.591. The van der Waals surface area contributed by atoms with Crippen molar-refractivity contribution in [1.82, 2.24) is 0 Å². The second kappa shape index (κ2) is 15.6. The molecule has 18 nitrogen and oxygen atoms in total. The molecule has 0 aromatic rings. The fourth-order valence-corrected chi connectivity index (χ4v) is 12.0. The Hall–Kier alpha value is -1.43. The van der Waals surface area contributed by atoms with Crippen molar-refractivity contribution in [2.45, 2.75) is 169 Å². The van der Waals surface area contributed by atoms with Crippen LogP contribution in [0.3, 0.4) is 0 Å². The van der Waals surface area contributed by atoms with Gasteiger partial charge in [0.25, 0.3) is 0 Å². The highest BCUT2D eigenvalue weighted by molar-refractivity contribution is 5.77. The van der Waals surface area contributed by atoms with Crippen molar-refractivity contribution in [2.75, 3.05) is 19.8 Å². The first-order valence-electron chi connectivity index (χ1n) is 19.9. The molecule has 56 heavy (non-hydrogen) atoms. The Morgan fingerprint density at radius 3 is 1.82 bits per heavy atom. The maximum Gasteiger partial charge on any atom is 0.314 e. The molecule has 18 heteroatoms. The van der Waals surface area contributed by atoms with Gasteiger partial charge in [-0.1, -0.05) is 19.9 Å². The number of ether oxygens (including phenoxy) is 6. The SMILES string of the molecule is C=C1C[C@@]23CCC4C(C)(C(=O)O[C@@H]5O[C@H](CO)[C@H](O)[C@@H](O)[C@H]5O)CCC[C@@]4(C)C2CC[C@]1(O[C@@H]1O[C@H](CO)[C@@H](O)[C@H](O)[C@H]1O[C@@H]1O[C@H](CO)[C@@H](O)[C@H](O)[C@H]1O)C3. The van der Waals surface area contributed by atoms with Gasteiger partial charge in [-0.3, -0.25) is 4.79 Å². The first-order valence-corrected chi connectivity index (χ1v) is 19.9. The van der Waals surface area contributed by atoms with Crippen LogP contribution in [0.5, 0.6) is 0 Å².